The van der Waals surface area contributed by atoms with E-state index in [2.05, 4.69) is 0 Å². The van der Waals surface area contributed by atoms with E-state index in [1.54, 1.807) is 12.1 Å². The maximum absolute atomic E-state index is 11.4. The molecule has 0 spiro atoms. The molecule has 0 amide bonds. The number of thiophene rings is 1. The number of hydrogen-bond acceptors (Lipinski definition) is 4. The first-order chi connectivity index (χ1) is 6.50. The van der Waals surface area contributed by atoms with E-state index >= 15 is 0 Å². The van der Waals surface area contributed by atoms with Gasteiger partial charge in [-0.3, -0.25) is 9.59 Å². The summed E-state index contributed by atoms with van der Waals surface area (Å²) in [7, 11) is 0. The second-order valence-corrected chi connectivity index (χ2v) is 4.39. The van der Waals surface area contributed by atoms with Crippen molar-refractivity contribution in [1.29, 1.82) is 0 Å². The Bertz CT molecular complexity index is 363. The molecule has 0 saturated heterocycles. The van der Waals surface area contributed by atoms with Crippen molar-refractivity contribution in [3.05, 3.63) is 21.3 Å². The average Bonchev–Trinajstić information content (AvgIpc) is 2.51. The lowest BCUT2D eigenvalue weighted by molar-refractivity contribution is -0.138. The number of halogens is 1. The minimum absolute atomic E-state index is 0.202. The van der Waals surface area contributed by atoms with Gasteiger partial charge in [0.15, 0.2) is 5.78 Å². The molecule has 0 unspecified atom stereocenters. The summed E-state index contributed by atoms with van der Waals surface area (Å²) in [5.41, 5.74) is 5.21. The van der Waals surface area contributed by atoms with Crippen LogP contribution in [-0.2, 0) is 4.79 Å². The normalized spacial score (nSPS) is 12.4. The molecule has 76 valence electrons. The van der Waals surface area contributed by atoms with Gasteiger partial charge in [-0.15, -0.1) is 11.3 Å². The Morgan fingerprint density at radius 1 is 1.57 bits per heavy atom. The van der Waals surface area contributed by atoms with Crippen LogP contribution in [0.15, 0.2) is 12.1 Å². The Kier molecular flexibility index (Phi) is 3.62. The number of carbonyl (C=O) groups is 2. The van der Waals surface area contributed by atoms with Crippen molar-refractivity contribution in [1.82, 2.24) is 0 Å². The molecule has 0 aromatic carbocycles. The fraction of sp³-hybridized carbons (Fsp3) is 0.250. The standard InChI is InChI=1S/C8H8ClNO3S/c9-7-2-1-6(14-7)5(11)3-4(10)8(12)13/h1-2,4H,3,10H2,(H,12,13)/t4-/m1/s1. The van der Waals surface area contributed by atoms with Crippen LogP contribution in [-0.4, -0.2) is 22.9 Å². The zero-order valence-corrected chi connectivity index (χ0v) is 8.64. The molecule has 0 aliphatic rings. The highest BCUT2D eigenvalue weighted by molar-refractivity contribution is 7.18. The Balaban J connectivity index is 2.63. The van der Waals surface area contributed by atoms with Crippen LogP contribution in [0, 0.1) is 0 Å². The molecular formula is C8H8ClNO3S. The third-order valence-corrected chi connectivity index (χ3v) is 2.84. The van der Waals surface area contributed by atoms with Gasteiger partial charge in [-0.25, -0.2) is 0 Å². The first-order valence-electron chi connectivity index (χ1n) is 3.77. The van der Waals surface area contributed by atoms with Crippen molar-refractivity contribution in [3.63, 3.8) is 0 Å². The van der Waals surface area contributed by atoms with Gasteiger partial charge in [0.2, 0.25) is 0 Å². The molecule has 0 fully saturated rings. The maximum Gasteiger partial charge on any atom is 0.320 e. The van der Waals surface area contributed by atoms with Crippen LogP contribution >= 0.6 is 22.9 Å². The summed E-state index contributed by atoms with van der Waals surface area (Å²) in [5.74, 6) is -1.47. The van der Waals surface area contributed by atoms with E-state index in [1.165, 1.54) is 0 Å². The van der Waals surface area contributed by atoms with Crippen molar-refractivity contribution in [2.45, 2.75) is 12.5 Å². The van der Waals surface area contributed by atoms with E-state index in [0.717, 1.165) is 11.3 Å². The van der Waals surface area contributed by atoms with Crippen molar-refractivity contribution in [2.24, 2.45) is 5.73 Å². The molecule has 0 radical (unpaired) electrons. The molecule has 1 aromatic rings. The largest absolute Gasteiger partial charge is 0.480 e. The van der Waals surface area contributed by atoms with Crippen molar-refractivity contribution in [2.75, 3.05) is 0 Å². The van der Waals surface area contributed by atoms with Crippen LogP contribution < -0.4 is 5.73 Å². The number of carbonyl (C=O) groups excluding carboxylic acids is 1. The van der Waals surface area contributed by atoms with E-state index in [1.807, 2.05) is 0 Å². The van der Waals surface area contributed by atoms with Gasteiger partial charge in [0.1, 0.15) is 6.04 Å². The third-order valence-electron chi connectivity index (χ3n) is 1.57. The summed E-state index contributed by atoms with van der Waals surface area (Å²) in [6.45, 7) is 0. The van der Waals surface area contributed by atoms with Crippen molar-refractivity contribution >= 4 is 34.7 Å². The summed E-state index contributed by atoms with van der Waals surface area (Å²) in [6.07, 6.45) is -0.202. The second kappa shape index (κ2) is 4.54. The zero-order chi connectivity index (χ0) is 10.7. The molecule has 1 atom stereocenters. The van der Waals surface area contributed by atoms with Crippen molar-refractivity contribution in [3.8, 4) is 0 Å². The number of carboxylic acids is 1. The predicted octanol–water partition coefficient (Wildman–Crippen LogP) is 1.39. The number of hydrogen-bond donors (Lipinski definition) is 2. The average molecular weight is 234 g/mol. The number of nitrogens with two attached hydrogens (primary N) is 1. The van der Waals surface area contributed by atoms with Crippen LogP contribution in [0.3, 0.4) is 0 Å². The van der Waals surface area contributed by atoms with Crippen LogP contribution in [0.1, 0.15) is 16.1 Å². The number of Topliss-reactive ketones (excluding diaryl/α,β-unsaturated/α-hetero) is 1. The van der Waals surface area contributed by atoms with Crippen molar-refractivity contribution < 1.29 is 14.7 Å². The molecule has 0 bridgehead atoms. The van der Waals surface area contributed by atoms with Gasteiger partial charge in [0, 0.05) is 6.42 Å². The molecule has 4 nitrogen and oxygen atoms in total. The number of ketones is 1. The smallest absolute Gasteiger partial charge is 0.320 e. The maximum atomic E-state index is 11.4. The fourth-order valence-corrected chi connectivity index (χ4v) is 1.84. The highest BCUT2D eigenvalue weighted by Gasteiger charge is 2.18. The summed E-state index contributed by atoms with van der Waals surface area (Å²) >= 11 is 6.74. The highest BCUT2D eigenvalue weighted by Crippen LogP contribution is 2.22. The number of carboxylic acid groups (broad SMARTS) is 1. The lowest BCUT2D eigenvalue weighted by Crippen LogP contribution is -2.32. The zero-order valence-electron chi connectivity index (χ0n) is 7.07. The Hall–Kier alpha value is -0.910. The fourth-order valence-electron chi connectivity index (χ4n) is 0.852. The molecule has 1 aromatic heterocycles. The molecule has 0 aliphatic carbocycles. The Labute approximate surface area is 89.3 Å². The number of rotatable bonds is 4. The van der Waals surface area contributed by atoms with Gasteiger partial charge >= 0.3 is 5.97 Å². The quantitative estimate of drug-likeness (QED) is 0.770. The first-order valence-corrected chi connectivity index (χ1v) is 4.97. The van der Waals surface area contributed by atoms with Gasteiger partial charge < -0.3 is 10.8 Å². The van der Waals surface area contributed by atoms with Gasteiger partial charge in [-0.05, 0) is 12.1 Å². The summed E-state index contributed by atoms with van der Waals surface area (Å²) in [5, 5.41) is 8.48. The van der Waals surface area contributed by atoms with Gasteiger partial charge in [-0.1, -0.05) is 11.6 Å². The topological polar surface area (TPSA) is 80.4 Å². The van der Waals surface area contributed by atoms with E-state index in [9.17, 15) is 9.59 Å². The molecular weight excluding hydrogens is 226 g/mol. The monoisotopic (exact) mass is 233 g/mol. The second-order valence-electron chi connectivity index (χ2n) is 2.68. The number of aliphatic carboxylic acids is 1. The molecule has 14 heavy (non-hydrogen) atoms. The van der Waals surface area contributed by atoms with E-state index in [4.69, 9.17) is 22.4 Å². The minimum Gasteiger partial charge on any atom is -0.480 e. The minimum atomic E-state index is -1.18. The molecule has 1 heterocycles. The predicted molar refractivity (Wildman–Crippen MR) is 53.9 cm³/mol. The molecule has 0 aliphatic heterocycles. The lowest BCUT2D eigenvalue weighted by atomic mass is 10.1. The van der Waals surface area contributed by atoms with Gasteiger partial charge in [0.25, 0.3) is 0 Å². The van der Waals surface area contributed by atoms with Crippen LogP contribution in [0.2, 0.25) is 4.34 Å². The summed E-state index contributed by atoms with van der Waals surface area (Å²) in [6, 6.07) is 2.00. The van der Waals surface area contributed by atoms with Gasteiger partial charge in [0.05, 0.1) is 9.21 Å². The summed E-state index contributed by atoms with van der Waals surface area (Å²) in [4.78, 5) is 22.2. The Morgan fingerprint density at radius 3 is 2.64 bits per heavy atom. The van der Waals surface area contributed by atoms with Crippen LogP contribution in [0.5, 0.6) is 0 Å². The first kappa shape index (κ1) is 11.2. The third kappa shape index (κ3) is 2.80. The lowest BCUT2D eigenvalue weighted by Gasteiger charge is -2.02. The molecule has 1 rings (SSSR count). The van der Waals surface area contributed by atoms with Gasteiger partial charge in [-0.2, -0.15) is 0 Å². The van der Waals surface area contributed by atoms with E-state index in [-0.39, 0.29) is 12.2 Å². The van der Waals surface area contributed by atoms with E-state index in [0.29, 0.717) is 9.21 Å². The molecule has 6 heteroatoms. The summed E-state index contributed by atoms with van der Waals surface area (Å²) < 4.78 is 0.497. The molecule has 3 N–H and O–H groups in total. The van der Waals surface area contributed by atoms with Crippen LogP contribution in [0.4, 0.5) is 0 Å². The molecule has 0 saturated carbocycles. The Morgan fingerprint density at radius 2 is 2.21 bits per heavy atom. The van der Waals surface area contributed by atoms with E-state index < -0.39 is 12.0 Å². The highest BCUT2D eigenvalue weighted by atomic mass is 35.5. The SMILES string of the molecule is N[C@H](CC(=O)c1ccc(Cl)s1)C(=O)O. The van der Waals surface area contributed by atoms with Crippen LogP contribution in [0.25, 0.3) is 0 Å².